The van der Waals surface area contributed by atoms with E-state index in [1.165, 1.54) is 0 Å². The van der Waals surface area contributed by atoms with Crippen LogP contribution >= 0.6 is 23.4 Å². The minimum Gasteiger partial charge on any atom is -0.343 e. The van der Waals surface area contributed by atoms with Gasteiger partial charge in [-0.3, -0.25) is 4.79 Å². The van der Waals surface area contributed by atoms with Gasteiger partial charge in [-0.05, 0) is 38.2 Å². The number of amides is 1. The van der Waals surface area contributed by atoms with E-state index in [9.17, 15) is 4.79 Å². The molecule has 1 atom stereocenters. The number of nitrogens with zero attached hydrogens (tertiary/aromatic N) is 1. The fourth-order valence-corrected chi connectivity index (χ4v) is 2.04. The zero-order valence-corrected chi connectivity index (χ0v) is 11.5. The van der Waals surface area contributed by atoms with Gasteiger partial charge in [0.05, 0.1) is 0 Å². The summed E-state index contributed by atoms with van der Waals surface area (Å²) >= 11 is 7.39. The molecule has 0 saturated carbocycles. The van der Waals surface area contributed by atoms with Gasteiger partial charge in [-0.15, -0.1) is 11.6 Å². The molecule has 0 fully saturated rings. The van der Waals surface area contributed by atoms with E-state index >= 15 is 0 Å². The van der Waals surface area contributed by atoms with Crippen molar-refractivity contribution >= 4 is 29.3 Å². The first kappa shape index (κ1) is 15.1. The maximum Gasteiger partial charge on any atom is 0.222 e. The number of rotatable bonds is 8. The van der Waals surface area contributed by atoms with Gasteiger partial charge in [0.15, 0.2) is 0 Å². The van der Waals surface area contributed by atoms with Crippen LogP contribution in [0.25, 0.3) is 0 Å². The van der Waals surface area contributed by atoms with Crippen molar-refractivity contribution in [3.8, 4) is 0 Å². The molecule has 0 aliphatic rings. The van der Waals surface area contributed by atoms with Crippen LogP contribution in [0, 0.1) is 0 Å². The molecule has 0 rings (SSSR count). The predicted molar refractivity (Wildman–Crippen MR) is 69.8 cm³/mol. The number of halogens is 1. The Bertz CT molecular complexity index is 178. The molecular weight excluding hydrogens is 230 g/mol. The van der Waals surface area contributed by atoms with Crippen molar-refractivity contribution in [2.45, 2.75) is 38.6 Å². The molecule has 0 aliphatic heterocycles. The van der Waals surface area contributed by atoms with Crippen molar-refractivity contribution in [1.29, 1.82) is 0 Å². The molecule has 1 amide bonds. The first-order valence-corrected chi connectivity index (χ1v) is 7.36. The number of thioether (sulfide) groups is 1. The van der Waals surface area contributed by atoms with Gasteiger partial charge in [-0.1, -0.05) is 0 Å². The molecule has 0 saturated heterocycles. The highest BCUT2D eigenvalue weighted by molar-refractivity contribution is 7.98. The molecule has 0 heterocycles. The van der Waals surface area contributed by atoms with Crippen molar-refractivity contribution in [3.05, 3.63) is 0 Å². The second kappa shape index (κ2) is 9.34. The molecule has 4 heteroatoms. The Balaban J connectivity index is 3.75. The third-order valence-electron chi connectivity index (χ3n) is 2.57. The molecule has 90 valence electrons. The monoisotopic (exact) mass is 251 g/mol. The Morgan fingerprint density at radius 1 is 1.47 bits per heavy atom. The molecule has 0 aliphatic carbocycles. The number of carbonyl (C=O) groups is 1. The van der Waals surface area contributed by atoms with Crippen LogP contribution in [-0.4, -0.2) is 41.8 Å². The zero-order valence-electron chi connectivity index (χ0n) is 9.96. The first-order chi connectivity index (χ1) is 7.13. The standard InChI is InChI=1S/C11H22ClNOS/c1-10(7-9-15-3)13(2)11(14)6-4-5-8-12/h10H,4-9H2,1-3H3. The van der Waals surface area contributed by atoms with Crippen LogP contribution in [-0.2, 0) is 4.79 Å². The van der Waals surface area contributed by atoms with Crippen LogP contribution in [0.1, 0.15) is 32.6 Å². The summed E-state index contributed by atoms with van der Waals surface area (Å²) in [4.78, 5) is 13.6. The lowest BCUT2D eigenvalue weighted by atomic mass is 10.2. The molecule has 0 N–H and O–H groups in total. The lowest BCUT2D eigenvalue weighted by Gasteiger charge is -2.24. The minimum atomic E-state index is 0.244. The summed E-state index contributed by atoms with van der Waals surface area (Å²) in [6.07, 6.45) is 5.63. The van der Waals surface area contributed by atoms with Crippen LogP contribution in [0.5, 0.6) is 0 Å². The topological polar surface area (TPSA) is 20.3 Å². The molecule has 0 radical (unpaired) electrons. The average molecular weight is 252 g/mol. The predicted octanol–water partition coefficient (Wildman–Crippen LogP) is 3.00. The van der Waals surface area contributed by atoms with Gasteiger partial charge in [0, 0.05) is 25.4 Å². The third kappa shape index (κ3) is 7.07. The van der Waals surface area contributed by atoms with Gasteiger partial charge in [-0.2, -0.15) is 11.8 Å². The molecule has 1 unspecified atom stereocenters. The SMILES string of the molecule is CSCCC(C)N(C)C(=O)CCCCCl. The highest BCUT2D eigenvalue weighted by Crippen LogP contribution is 2.09. The molecule has 0 bridgehead atoms. The van der Waals surface area contributed by atoms with E-state index in [1.54, 1.807) is 0 Å². The van der Waals surface area contributed by atoms with Crippen molar-refractivity contribution in [1.82, 2.24) is 4.90 Å². The first-order valence-electron chi connectivity index (χ1n) is 5.44. The molecule has 15 heavy (non-hydrogen) atoms. The van der Waals surface area contributed by atoms with Gasteiger partial charge in [0.25, 0.3) is 0 Å². The Hall–Kier alpha value is 0.110. The number of hydrogen-bond donors (Lipinski definition) is 0. The fraction of sp³-hybridized carbons (Fsp3) is 0.909. The third-order valence-corrected chi connectivity index (χ3v) is 3.48. The number of alkyl halides is 1. The number of carbonyl (C=O) groups excluding carboxylic acids is 1. The summed E-state index contributed by atoms with van der Waals surface area (Å²) in [5.41, 5.74) is 0. The lowest BCUT2D eigenvalue weighted by Crippen LogP contribution is -2.35. The zero-order chi connectivity index (χ0) is 11.7. The molecule has 2 nitrogen and oxygen atoms in total. The van der Waals surface area contributed by atoms with Crippen molar-refractivity contribution in [2.24, 2.45) is 0 Å². The summed E-state index contributed by atoms with van der Waals surface area (Å²) in [6, 6.07) is 0.348. The molecular formula is C11H22ClNOS. The largest absolute Gasteiger partial charge is 0.343 e. The van der Waals surface area contributed by atoms with E-state index in [0.29, 0.717) is 18.3 Å². The molecule has 0 aromatic rings. The molecule has 0 aromatic carbocycles. The normalized spacial score (nSPS) is 12.5. The van der Waals surface area contributed by atoms with Gasteiger partial charge in [0.1, 0.15) is 0 Å². The minimum absolute atomic E-state index is 0.244. The average Bonchev–Trinajstić information content (AvgIpc) is 2.24. The van der Waals surface area contributed by atoms with Crippen molar-refractivity contribution in [2.75, 3.05) is 24.9 Å². The summed E-state index contributed by atoms with van der Waals surface area (Å²) in [5.74, 6) is 2.01. The maximum absolute atomic E-state index is 11.7. The van der Waals surface area contributed by atoms with Crippen molar-refractivity contribution in [3.63, 3.8) is 0 Å². The van der Waals surface area contributed by atoms with Crippen molar-refractivity contribution < 1.29 is 4.79 Å². The van der Waals surface area contributed by atoms with E-state index in [1.807, 2.05) is 23.7 Å². The quantitative estimate of drug-likeness (QED) is 0.488. The van der Waals surface area contributed by atoms with E-state index < -0.39 is 0 Å². The highest BCUT2D eigenvalue weighted by Gasteiger charge is 2.14. The second-order valence-corrected chi connectivity index (χ2v) is 5.14. The van der Waals surface area contributed by atoms with Crippen LogP contribution < -0.4 is 0 Å². The van der Waals surface area contributed by atoms with Gasteiger partial charge in [0.2, 0.25) is 5.91 Å². The number of hydrogen-bond acceptors (Lipinski definition) is 2. The van der Waals surface area contributed by atoms with Crippen LogP contribution in [0.2, 0.25) is 0 Å². The Morgan fingerprint density at radius 3 is 2.67 bits per heavy atom. The van der Waals surface area contributed by atoms with E-state index in [4.69, 9.17) is 11.6 Å². The van der Waals surface area contributed by atoms with Crippen LogP contribution in [0.15, 0.2) is 0 Å². The van der Waals surface area contributed by atoms with Crippen LogP contribution in [0.3, 0.4) is 0 Å². The van der Waals surface area contributed by atoms with Crippen LogP contribution in [0.4, 0.5) is 0 Å². The van der Waals surface area contributed by atoms with E-state index in [2.05, 4.69) is 13.2 Å². The summed E-state index contributed by atoms with van der Waals surface area (Å²) in [6.45, 7) is 2.11. The smallest absolute Gasteiger partial charge is 0.222 e. The summed E-state index contributed by atoms with van der Waals surface area (Å²) in [7, 11) is 1.90. The Kier molecular flexibility index (Phi) is 9.41. The fourth-order valence-electron chi connectivity index (χ4n) is 1.27. The van der Waals surface area contributed by atoms with E-state index in [0.717, 1.165) is 25.0 Å². The Morgan fingerprint density at radius 2 is 2.13 bits per heavy atom. The highest BCUT2D eigenvalue weighted by atomic mass is 35.5. The summed E-state index contributed by atoms with van der Waals surface area (Å²) < 4.78 is 0. The maximum atomic E-state index is 11.7. The van der Waals surface area contributed by atoms with Gasteiger partial charge in [-0.25, -0.2) is 0 Å². The van der Waals surface area contributed by atoms with E-state index in [-0.39, 0.29) is 5.91 Å². The Labute approximate surface area is 103 Å². The van der Waals surface area contributed by atoms with Gasteiger partial charge >= 0.3 is 0 Å². The molecule has 0 spiro atoms. The molecule has 0 aromatic heterocycles. The van der Waals surface area contributed by atoms with Gasteiger partial charge < -0.3 is 4.90 Å². The second-order valence-electron chi connectivity index (χ2n) is 3.78. The summed E-state index contributed by atoms with van der Waals surface area (Å²) in [5, 5.41) is 0. The number of unbranched alkanes of at least 4 members (excludes halogenated alkanes) is 1. The lowest BCUT2D eigenvalue weighted by molar-refractivity contribution is -0.131.